The Balaban J connectivity index is 1.24. The molecule has 1 aromatic carbocycles. The van der Waals surface area contributed by atoms with Crippen molar-refractivity contribution < 1.29 is 9.53 Å². The zero-order valence-electron chi connectivity index (χ0n) is 19.4. The highest BCUT2D eigenvalue weighted by molar-refractivity contribution is 6.11. The van der Waals surface area contributed by atoms with E-state index in [2.05, 4.69) is 41.3 Å². The number of hydrogen-bond donors (Lipinski definition) is 2. The molecular weight excluding hydrogens is 442 g/mol. The molecule has 4 aromatic rings. The smallest absolute Gasteiger partial charge is 0.276 e. The number of benzene rings is 1. The summed E-state index contributed by atoms with van der Waals surface area (Å²) in [5, 5.41) is 11.1. The molecule has 0 atom stereocenters. The van der Waals surface area contributed by atoms with E-state index in [9.17, 15) is 4.79 Å². The molecule has 0 bridgehead atoms. The van der Waals surface area contributed by atoms with Gasteiger partial charge in [0.15, 0.2) is 5.69 Å². The molecule has 0 spiro atoms. The van der Waals surface area contributed by atoms with Crippen LogP contribution >= 0.6 is 0 Å². The SMILES string of the molecule is O=C(Nc1ccnc(CN2CCC2)c1)c1n[nH]c2ccc(-c3cncc(N4CCOCC4)c3)cc12. The van der Waals surface area contributed by atoms with Crippen LogP contribution in [0.5, 0.6) is 0 Å². The van der Waals surface area contributed by atoms with Gasteiger partial charge in [0.2, 0.25) is 0 Å². The molecule has 0 saturated carbocycles. The van der Waals surface area contributed by atoms with E-state index in [-0.39, 0.29) is 5.91 Å². The van der Waals surface area contributed by atoms with Gasteiger partial charge in [-0.25, -0.2) is 0 Å². The minimum absolute atomic E-state index is 0.255. The number of anilines is 2. The van der Waals surface area contributed by atoms with Gasteiger partial charge in [-0.3, -0.25) is 24.8 Å². The number of H-pyrrole nitrogens is 1. The molecule has 1 amide bonds. The van der Waals surface area contributed by atoms with Crippen LogP contribution in [0.25, 0.3) is 22.0 Å². The molecule has 6 rings (SSSR count). The summed E-state index contributed by atoms with van der Waals surface area (Å²) < 4.78 is 5.47. The molecule has 2 fully saturated rings. The van der Waals surface area contributed by atoms with Crippen LogP contribution in [-0.4, -0.2) is 70.4 Å². The highest BCUT2D eigenvalue weighted by Crippen LogP contribution is 2.28. The molecule has 5 heterocycles. The predicted octanol–water partition coefficient (Wildman–Crippen LogP) is 3.31. The third-order valence-electron chi connectivity index (χ3n) is 6.62. The van der Waals surface area contributed by atoms with Crippen molar-refractivity contribution in [3.8, 4) is 11.1 Å². The van der Waals surface area contributed by atoms with Crippen LogP contribution in [0, 0.1) is 0 Å². The molecule has 0 aliphatic carbocycles. The van der Waals surface area contributed by atoms with Gasteiger partial charge in [-0.05, 0) is 55.4 Å². The van der Waals surface area contributed by atoms with E-state index in [1.165, 1.54) is 6.42 Å². The summed E-state index contributed by atoms with van der Waals surface area (Å²) in [6, 6.07) is 11.8. The maximum absolute atomic E-state index is 13.1. The minimum atomic E-state index is -0.255. The predicted molar refractivity (Wildman–Crippen MR) is 134 cm³/mol. The number of likely N-dealkylation sites (tertiary alicyclic amines) is 1. The number of hydrogen-bond acceptors (Lipinski definition) is 7. The fourth-order valence-corrected chi connectivity index (χ4v) is 4.55. The zero-order valence-corrected chi connectivity index (χ0v) is 19.4. The van der Waals surface area contributed by atoms with Crippen LogP contribution in [0.4, 0.5) is 11.4 Å². The maximum Gasteiger partial charge on any atom is 0.276 e. The lowest BCUT2D eigenvalue weighted by atomic mass is 10.0. The molecule has 9 nitrogen and oxygen atoms in total. The van der Waals surface area contributed by atoms with Crippen molar-refractivity contribution in [2.24, 2.45) is 0 Å². The lowest BCUT2D eigenvalue weighted by molar-refractivity contribution is 0.102. The van der Waals surface area contributed by atoms with E-state index >= 15 is 0 Å². The largest absolute Gasteiger partial charge is 0.378 e. The number of carbonyl (C=O) groups excluding carboxylic acids is 1. The summed E-state index contributed by atoms with van der Waals surface area (Å²) in [4.78, 5) is 26.7. The number of pyridine rings is 2. The first-order chi connectivity index (χ1) is 17.2. The molecule has 2 aliphatic rings. The number of aromatic nitrogens is 4. The first kappa shape index (κ1) is 21.7. The van der Waals surface area contributed by atoms with Crippen LogP contribution in [0.1, 0.15) is 22.6 Å². The number of amides is 1. The van der Waals surface area contributed by atoms with Gasteiger partial charge >= 0.3 is 0 Å². The Morgan fingerprint density at radius 1 is 1.03 bits per heavy atom. The monoisotopic (exact) mass is 469 g/mol. The molecule has 2 aliphatic heterocycles. The van der Waals surface area contributed by atoms with Gasteiger partial charge in [-0.1, -0.05) is 6.07 Å². The fourth-order valence-electron chi connectivity index (χ4n) is 4.55. The van der Waals surface area contributed by atoms with Crippen molar-refractivity contribution in [1.29, 1.82) is 0 Å². The number of ether oxygens (including phenoxy) is 1. The van der Waals surface area contributed by atoms with Crippen molar-refractivity contribution >= 4 is 28.2 Å². The Hall–Kier alpha value is -3.82. The van der Waals surface area contributed by atoms with E-state index in [0.717, 1.165) is 85.0 Å². The molecule has 3 aromatic heterocycles. The van der Waals surface area contributed by atoms with Crippen molar-refractivity contribution in [3.63, 3.8) is 0 Å². The summed E-state index contributed by atoms with van der Waals surface area (Å²) in [7, 11) is 0. The second kappa shape index (κ2) is 9.44. The van der Waals surface area contributed by atoms with E-state index in [1.807, 2.05) is 36.7 Å². The number of morpholine rings is 1. The highest BCUT2D eigenvalue weighted by atomic mass is 16.5. The molecule has 2 N–H and O–H groups in total. The molecule has 9 heteroatoms. The van der Waals surface area contributed by atoms with Crippen LogP contribution < -0.4 is 10.2 Å². The van der Waals surface area contributed by atoms with Gasteiger partial charge in [0.05, 0.1) is 36.3 Å². The quantitative estimate of drug-likeness (QED) is 0.447. The lowest BCUT2D eigenvalue weighted by Crippen LogP contribution is -2.36. The summed E-state index contributed by atoms with van der Waals surface area (Å²) in [6.07, 6.45) is 6.70. The third-order valence-corrected chi connectivity index (χ3v) is 6.62. The molecular formula is C26H27N7O2. The molecule has 0 radical (unpaired) electrons. The van der Waals surface area contributed by atoms with Gasteiger partial charge in [0.25, 0.3) is 5.91 Å². The Labute approximate surface area is 203 Å². The van der Waals surface area contributed by atoms with E-state index in [4.69, 9.17) is 4.74 Å². The fraction of sp³-hybridized carbons (Fsp3) is 0.308. The Kier molecular flexibility index (Phi) is 5.85. The lowest BCUT2D eigenvalue weighted by Gasteiger charge is -2.30. The van der Waals surface area contributed by atoms with E-state index in [0.29, 0.717) is 5.69 Å². The first-order valence-electron chi connectivity index (χ1n) is 12.0. The van der Waals surface area contributed by atoms with Gasteiger partial charge < -0.3 is 15.0 Å². The summed E-state index contributed by atoms with van der Waals surface area (Å²) in [5.74, 6) is -0.255. The normalized spacial score (nSPS) is 16.3. The van der Waals surface area contributed by atoms with Gasteiger partial charge in [0, 0.05) is 48.7 Å². The molecule has 178 valence electrons. The van der Waals surface area contributed by atoms with Crippen LogP contribution in [0.2, 0.25) is 0 Å². The Morgan fingerprint density at radius 2 is 1.91 bits per heavy atom. The maximum atomic E-state index is 13.1. The van der Waals surface area contributed by atoms with Crippen LogP contribution in [0.15, 0.2) is 55.0 Å². The standard InChI is InChI=1S/C26H27N7O2/c34-26(29-20-4-5-28-21(14-20)17-32-6-1-7-32)25-23-13-18(2-3-24(23)30-31-25)19-12-22(16-27-15-19)33-8-10-35-11-9-33/h2-5,12-16H,1,6-11,17H2,(H,30,31)(H,28,29,34). The number of nitrogens with zero attached hydrogens (tertiary/aromatic N) is 5. The summed E-state index contributed by atoms with van der Waals surface area (Å²) >= 11 is 0. The van der Waals surface area contributed by atoms with Crippen molar-refractivity contribution in [3.05, 3.63) is 66.4 Å². The van der Waals surface area contributed by atoms with Gasteiger partial charge in [-0.2, -0.15) is 5.10 Å². The van der Waals surface area contributed by atoms with Crippen LogP contribution in [-0.2, 0) is 11.3 Å². The number of rotatable bonds is 6. The number of aromatic amines is 1. The molecule has 35 heavy (non-hydrogen) atoms. The van der Waals surface area contributed by atoms with Gasteiger partial charge in [0.1, 0.15) is 0 Å². The summed E-state index contributed by atoms with van der Waals surface area (Å²) in [6.45, 7) is 6.16. The van der Waals surface area contributed by atoms with Crippen LogP contribution in [0.3, 0.4) is 0 Å². The van der Waals surface area contributed by atoms with E-state index < -0.39 is 0 Å². The molecule has 0 unspecified atom stereocenters. The number of carbonyl (C=O) groups is 1. The first-order valence-corrected chi connectivity index (χ1v) is 12.0. The number of nitrogens with one attached hydrogen (secondary N) is 2. The average Bonchev–Trinajstić information content (AvgIpc) is 3.31. The zero-order chi connectivity index (χ0) is 23.6. The van der Waals surface area contributed by atoms with Crippen molar-refractivity contribution in [2.75, 3.05) is 49.6 Å². The van der Waals surface area contributed by atoms with E-state index in [1.54, 1.807) is 12.3 Å². The Bertz CT molecular complexity index is 1360. The average molecular weight is 470 g/mol. The van der Waals surface area contributed by atoms with Crippen molar-refractivity contribution in [2.45, 2.75) is 13.0 Å². The highest BCUT2D eigenvalue weighted by Gasteiger charge is 2.18. The second-order valence-electron chi connectivity index (χ2n) is 8.98. The number of fused-ring (bicyclic) bond motifs is 1. The third kappa shape index (κ3) is 4.60. The van der Waals surface area contributed by atoms with Crippen molar-refractivity contribution in [1.82, 2.24) is 25.1 Å². The second-order valence-corrected chi connectivity index (χ2v) is 8.98. The summed E-state index contributed by atoms with van der Waals surface area (Å²) in [5.41, 5.74) is 5.89. The van der Waals surface area contributed by atoms with Gasteiger partial charge in [-0.15, -0.1) is 0 Å². The topological polar surface area (TPSA) is 99.3 Å². The Morgan fingerprint density at radius 3 is 2.74 bits per heavy atom. The molecule has 2 saturated heterocycles. The minimum Gasteiger partial charge on any atom is -0.378 e.